The largest absolute Gasteiger partial charge is 0.478 e. The number of fused-ring (bicyclic) bond motifs is 1. The zero-order valence-electron chi connectivity index (χ0n) is 13.8. The average molecular weight is 381 g/mol. The van der Waals surface area contributed by atoms with Crippen LogP contribution in [0.5, 0.6) is 5.75 Å². The Morgan fingerprint density at radius 3 is 2.52 bits per heavy atom. The second-order valence-electron chi connectivity index (χ2n) is 5.78. The Morgan fingerprint density at radius 1 is 1.19 bits per heavy atom. The molecule has 142 valence electrons. The minimum absolute atomic E-state index is 0.108. The summed E-state index contributed by atoms with van der Waals surface area (Å²) >= 11 is 0. The lowest BCUT2D eigenvalue weighted by atomic mass is 10.1. The van der Waals surface area contributed by atoms with E-state index in [2.05, 4.69) is 0 Å². The van der Waals surface area contributed by atoms with Gasteiger partial charge in [0, 0.05) is 0 Å². The summed E-state index contributed by atoms with van der Waals surface area (Å²) in [6.45, 7) is -0.583. The number of carbonyl (C=O) groups excluding carboxylic acids is 1. The van der Waals surface area contributed by atoms with Gasteiger partial charge in [-0.3, -0.25) is 4.90 Å². The van der Waals surface area contributed by atoms with Gasteiger partial charge in [0.25, 0.3) is 0 Å². The van der Waals surface area contributed by atoms with Crippen LogP contribution in [0.1, 0.15) is 11.1 Å². The molecule has 9 heteroatoms. The van der Waals surface area contributed by atoms with Gasteiger partial charge in [-0.2, -0.15) is 13.2 Å². The lowest BCUT2D eigenvalue weighted by molar-refractivity contribution is -0.145. The molecule has 3 rings (SSSR count). The molecule has 1 aliphatic heterocycles. The van der Waals surface area contributed by atoms with E-state index in [1.54, 1.807) is 30.3 Å². The van der Waals surface area contributed by atoms with Gasteiger partial charge in [0.05, 0.1) is 17.8 Å². The molecule has 0 saturated carbocycles. The molecular weight excluding hydrogens is 367 g/mol. The number of rotatable bonds is 3. The zero-order chi connectivity index (χ0) is 19.6. The van der Waals surface area contributed by atoms with Crippen molar-refractivity contribution >= 4 is 17.7 Å². The number of hydrogen-bond acceptors (Lipinski definition) is 4. The van der Waals surface area contributed by atoms with Gasteiger partial charge in [0.2, 0.25) is 6.10 Å². The van der Waals surface area contributed by atoms with Gasteiger partial charge in [0.1, 0.15) is 12.4 Å². The number of halogens is 3. The third-order valence-electron chi connectivity index (χ3n) is 3.90. The van der Waals surface area contributed by atoms with Crippen LogP contribution < -0.4 is 9.64 Å². The third-order valence-corrected chi connectivity index (χ3v) is 3.90. The fourth-order valence-corrected chi connectivity index (χ4v) is 2.56. The zero-order valence-corrected chi connectivity index (χ0v) is 13.8. The standard InChI is InChI=1S/C18H14F3NO5/c19-18(20,21)12-6-7-14-13(8-12)22(9-15(27-14)16(23)24)17(25)26-10-11-4-2-1-3-5-11/h1-8,15H,9-10H2,(H,23,24). The van der Waals surface area contributed by atoms with Crippen LogP contribution in [-0.4, -0.2) is 29.8 Å². The molecule has 0 aromatic heterocycles. The van der Waals surface area contributed by atoms with Crippen molar-refractivity contribution in [1.82, 2.24) is 0 Å². The van der Waals surface area contributed by atoms with Gasteiger partial charge in [0.15, 0.2) is 0 Å². The summed E-state index contributed by atoms with van der Waals surface area (Å²) in [5, 5.41) is 9.17. The SMILES string of the molecule is O=C(O)C1CN(C(=O)OCc2ccccc2)c2cc(C(F)(F)F)ccc2O1. The molecule has 27 heavy (non-hydrogen) atoms. The average Bonchev–Trinajstić information content (AvgIpc) is 2.64. The van der Waals surface area contributed by atoms with E-state index in [4.69, 9.17) is 9.47 Å². The summed E-state index contributed by atoms with van der Waals surface area (Å²) < 4.78 is 49.3. The first-order valence-corrected chi connectivity index (χ1v) is 7.84. The monoisotopic (exact) mass is 381 g/mol. The summed E-state index contributed by atoms with van der Waals surface area (Å²) in [5.74, 6) is -1.49. The van der Waals surface area contributed by atoms with Crippen molar-refractivity contribution in [3.05, 3.63) is 59.7 Å². The smallest absolute Gasteiger partial charge is 0.416 e. The maximum Gasteiger partial charge on any atom is 0.416 e. The highest BCUT2D eigenvalue weighted by atomic mass is 19.4. The van der Waals surface area contributed by atoms with E-state index in [0.717, 1.165) is 23.1 Å². The van der Waals surface area contributed by atoms with Gasteiger partial charge >= 0.3 is 18.2 Å². The molecule has 2 aromatic rings. The van der Waals surface area contributed by atoms with E-state index in [9.17, 15) is 27.9 Å². The van der Waals surface area contributed by atoms with Crippen molar-refractivity contribution in [1.29, 1.82) is 0 Å². The minimum atomic E-state index is -4.63. The molecule has 1 aliphatic rings. The molecule has 1 atom stereocenters. The van der Waals surface area contributed by atoms with E-state index in [1.807, 2.05) is 0 Å². The van der Waals surface area contributed by atoms with Gasteiger partial charge in [-0.1, -0.05) is 30.3 Å². The van der Waals surface area contributed by atoms with Crippen LogP contribution in [0, 0.1) is 0 Å². The van der Waals surface area contributed by atoms with Crippen molar-refractivity contribution < 1.29 is 37.3 Å². The number of hydrogen-bond donors (Lipinski definition) is 1. The summed E-state index contributed by atoms with van der Waals surface area (Å²) in [6.07, 6.45) is -7.01. The Hall–Kier alpha value is -3.23. The first-order chi connectivity index (χ1) is 12.8. The molecule has 1 heterocycles. The van der Waals surface area contributed by atoms with Crippen molar-refractivity contribution in [2.45, 2.75) is 18.9 Å². The van der Waals surface area contributed by atoms with Crippen molar-refractivity contribution in [2.75, 3.05) is 11.4 Å². The van der Waals surface area contributed by atoms with Gasteiger partial charge < -0.3 is 14.6 Å². The Kier molecular flexibility index (Phi) is 4.93. The summed E-state index contributed by atoms with van der Waals surface area (Å²) in [5.41, 5.74) is -0.502. The summed E-state index contributed by atoms with van der Waals surface area (Å²) in [6, 6.07) is 11.2. The highest BCUT2D eigenvalue weighted by Gasteiger charge is 2.38. The van der Waals surface area contributed by atoms with E-state index in [-0.39, 0.29) is 18.0 Å². The Labute approximate surface area is 151 Å². The van der Waals surface area contributed by atoms with Crippen LogP contribution in [0.2, 0.25) is 0 Å². The van der Waals surface area contributed by atoms with Crippen molar-refractivity contribution in [3.63, 3.8) is 0 Å². The number of alkyl halides is 3. The molecule has 0 spiro atoms. The fourth-order valence-electron chi connectivity index (χ4n) is 2.56. The predicted molar refractivity (Wildman–Crippen MR) is 87.5 cm³/mol. The normalized spacial score (nSPS) is 16.3. The van der Waals surface area contributed by atoms with Gasteiger partial charge in [-0.05, 0) is 23.8 Å². The molecule has 6 nitrogen and oxygen atoms in total. The predicted octanol–water partition coefficient (Wildman–Crippen LogP) is 3.69. The number of benzene rings is 2. The highest BCUT2D eigenvalue weighted by Crippen LogP contribution is 2.39. The quantitative estimate of drug-likeness (QED) is 0.878. The number of nitrogens with zero attached hydrogens (tertiary/aromatic N) is 1. The van der Waals surface area contributed by atoms with Gasteiger partial charge in [-0.15, -0.1) is 0 Å². The maximum absolute atomic E-state index is 13.0. The molecule has 0 fully saturated rings. The third kappa shape index (κ3) is 4.13. The molecule has 0 saturated heterocycles. The molecule has 1 amide bonds. The fraction of sp³-hybridized carbons (Fsp3) is 0.222. The van der Waals surface area contributed by atoms with Crippen LogP contribution in [0.25, 0.3) is 0 Å². The van der Waals surface area contributed by atoms with E-state index < -0.39 is 36.5 Å². The molecule has 1 N–H and O–H groups in total. The number of ether oxygens (including phenoxy) is 2. The van der Waals surface area contributed by atoms with Crippen LogP contribution in [0.4, 0.5) is 23.7 Å². The van der Waals surface area contributed by atoms with Crippen LogP contribution in [0.3, 0.4) is 0 Å². The number of aliphatic carboxylic acids is 1. The highest BCUT2D eigenvalue weighted by molar-refractivity contribution is 5.92. The number of carboxylic acid groups (broad SMARTS) is 1. The van der Waals surface area contributed by atoms with Crippen LogP contribution in [-0.2, 0) is 22.3 Å². The summed E-state index contributed by atoms with van der Waals surface area (Å²) in [7, 11) is 0. The minimum Gasteiger partial charge on any atom is -0.478 e. The Morgan fingerprint density at radius 2 is 1.89 bits per heavy atom. The molecule has 2 aromatic carbocycles. The lowest BCUT2D eigenvalue weighted by Gasteiger charge is -2.32. The number of carbonyl (C=O) groups is 2. The first-order valence-electron chi connectivity index (χ1n) is 7.84. The molecular formula is C18H14F3NO5. The second-order valence-corrected chi connectivity index (χ2v) is 5.78. The molecule has 1 unspecified atom stereocenters. The van der Waals surface area contributed by atoms with E-state index in [0.29, 0.717) is 5.56 Å². The van der Waals surface area contributed by atoms with E-state index in [1.165, 1.54) is 0 Å². The molecule has 0 aliphatic carbocycles. The number of anilines is 1. The Balaban J connectivity index is 1.88. The number of carboxylic acids is 1. The van der Waals surface area contributed by atoms with Crippen LogP contribution in [0.15, 0.2) is 48.5 Å². The molecule has 0 bridgehead atoms. The first kappa shape index (κ1) is 18.6. The Bertz CT molecular complexity index is 854. The van der Waals surface area contributed by atoms with Crippen LogP contribution >= 0.6 is 0 Å². The summed E-state index contributed by atoms with van der Waals surface area (Å²) in [4.78, 5) is 24.5. The van der Waals surface area contributed by atoms with Crippen molar-refractivity contribution in [3.8, 4) is 5.75 Å². The lowest BCUT2D eigenvalue weighted by Crippen LogP contribution is -2.47. The van der Waals surface area contributed by atoms with Crippen molar-refractivity contribution in [2.24, 2.45) is 0 Å². The second kappa shape index (κ2) is 7.18. The number of amides is 1. The molecule has 0 radical (unpaired) electrons. The van der Waals surface area contributed by atoms with Gasteiger partial charge in [-0.25, -0.2) is 9.59 Å². The maximum atomic E-state index is 13.0. The topological polar surface area (TPSA) is 76.1 Å². The van der Waals surface area contributed by atoms with E-state index >= 15 is 0 Å².